The van der Waals surface area contributed by atoms with Gasteiger partial charge >= 0.3 is 0 Å². The third kappa shape index (κ3) is 3.50. The number of allylic oxidation sites excluding steroid dienone is 5. The third-order valence-corrected chi connectivity index (χ3v) is 10.0. The smallest absolute Gasteiger partial charge is 0.0578 e. The van der Waals surface area contributed by atoms with Crippen LogP contribution in [0, 0.1) is 46.3 Å². The van der Waals surface area contributed by atoms with Crippen LogP contribution in [0.1, 0.15) is 86.5 Å². The largest absolute Gasteiger partial charge is 0.393 e. The molecule has 4 aliphatic carbocycles. The van der Waals surface area contributed by atoms with Crippen molar-refractivity contribution >= 4 is 0 Å². The van der Waals surface area contributed by atoms with Gasteiger partial charge < -0.3 is 5.11 Å². The first kappa shape index (κ1) is 21.4. The zero-order chi connectivity index (χ0) is 21.0. The Morgan fingerprint density at radius 2 is 1.69 bits per heavy atom. The highest BCUT2D eigenvalue weighted by Crippen LogP contribution is 2.65. The quantitative estimate of drug-likeness (QED) is 0.493. The molecule has 8 atom stereocenters. The Hall–Kier alpha value is -0.820. The molecular formula is C28H44O. The fourth-order valence-electron chi connectivity index (χ4n) is 7.59. The maximum atomic E-state index is 10.2. The normalized spacial score (nSPS) is 44.0. The van der Waals surface area contributed by atoms with Gasteiger partial charge in [0.15, 0.2) is 0 Å². The second-order valence-corrected chi connectivity index (χ2v) is 11.9. The lowest BCUT2D eigenvalue weighted by Crippen LogP contribution is -2.46. The first-order valence-corrected chi connectivity index (χ1v) is 12.4. The van der Waals surface area contributed by atoms with Crippen molar-refractivity contribution in [3.8, 4) is 0 Å². The summed E-state index contributed by atoms with van der Waals surface area (Å²) in [5, 5.41) is 10.2. The molecule has 0 aromatic heterocycles. The van der Waals surface area contributed by atoms with Crippen LogP contribution in [-0.2, 0) is 0 Å². The van der Waals surface area contributed by atoms with Gasteiger partial charge in [-0.15, -0.1) is 0 Å². The van der Waals surface area contributed by atoms with E-state index in [1.807, 2.05) is 0 Å². The molecule has 1 nitrogen and oxygen atoms in total. The molecule has 162 valence electrons. The van der Waals surface area contributed by atoms with E-state index in [0.29, 0.717) is 22.7 Å². The number of aliphatic hydroxyl groups excluding tert-OH is 1. The minimum atomic E-state index is -0.116. The van der Waals surface area contributed by atoms with Crippen molar-refractivity contribution < 1.29 is 5.11 Å². The molecule has 0 saturated heterocycles. The van der Waals surface area contributed by atoms with E-state index in [1.54, 1.807) is 5.57 Å². The molecule has 1 N–H and O–H groups in total. The van der Waals surface area contributed by atoms with Gasteiger partial charge in [0.1, 0.15) is 0 Å². The van der Waals surface area contributed by atoms with Crippen molar-refractivity contribution in [3.63, 3.8) is 0 Å². The van der Waals surface area contributed by atoms with Crippen LogP contribution >= 0.6 is 0 Å². The summed E-state index contributed by atoms with van der Waals surface area (Å²) in [6.45, 7) is 14.6. The Morgan fingerprint density at radius 1 is 0.931 bits per heavy atom. The van der Waals surface area contributed by atoms with Crippen LogP contribution in [-0.4, -0.2) is 11.2 Å². The maximum absolute atomic E-state index is 10.2. The lowest BCUT2D eigenvalue weighted by atomic mass is 9.50. The average Bonchev–Trinajstić information content (AvgIpc) is 3.03. The molecule has 3 saturated carbocycles. The van der Waals surface area contributed by atoms with Crippen LogP contribution in [0.15, 0.2) is 35.5 Å². The van der Waals surface area contributed by atoms with Crippen molar-refractivity contribution in [2.24, 2.45) is 46.3 Å². The molecule has 1 unspecified atom stereocenters. The van der Waals surface area contributed by atoms with Gasteiger partial charge in [-0.2, -0.15) is 0 Å². The van der Waals surface area contributed by atoms with Crippen molar-refractivity contribution in [3.05, 3.63) is 35.5 Å². The standard InChI is InChI=1S/C28H44O/c1-18(2)19(3)7-8-20(4)24-11-12-25-23-10-9-21-17-22(29)13-15-27(21,5)26(23)14-16-28(24,25)6/h7-10,18-20,22,24-26,29H,11-17H2,1-6H3/t19-,20-,22?,24+,25-,26+,27+,28+/m1/s1. The average molecular weight is 397 g/mol. The Kier molecular flexibility index (Phi) is 5.69. The van der Waals surface area contributed by atoms with E-state index in [1.165, 1.54) is 37.7 Å². The summed E-state index contributed by atoms with van der Waals surface area (Å²) in [7, 11) is 0. The van der Waals surface area contributed by atoms with Crippen LogP contribution in [0.2, 0.25) is 0 Å². The monoisotopic (exact) mass is 396 g/mol. The van der Waals surface area contributed by atoms with Gasteiger partial charge in [0, 0.05) is 0 Å². The predicted molar refractivity (Wildman–Crippen MR) is 123 cm³/mol. The van der Waals surface area contributed by atoms with Crippen molar-refractivity contribution in [1.29, 1.82) is 0 Å². The highest BCUT2D eigenvalue weighted by molar-refractivity contribution is 5.39. The molecule has 29 heavy (non-hydrogen) atoms. The third-order valence-electron chi connectivity index (χ3n) is 10.0. The van der Waals surface area contributed by atoms with Crippen LogP contribution in [0.3, 0.4) is 0 Å². The number of aliphatic hydroxyl groups is 1. The van der Waals surface area contributed by atoms with Gasteiger partial charge in [-0.05, 0) is 91.3 Å². The van der Waals surface area contributed by atoms with Gasteiger partial charge in [-0.25, -0.2) is 0 Å². The van der Waals surface area contributed by atoms with E-state index < -0.39 is 0 Å². The summed E-state index contributed by atoms with van der Waals surface area (Å²) in [4.78, 5) is 0. The van der Waals surface area contributed by atoms with E-state index >= 15 is 0 Å². The minimum Gasteiger partial charge on any atom is -0.393 e. The van der Waals surface area contributed by atoms with Crippen molar-refractivity contribution in [2.45, 2.75) is 92.6 Å². The molecule has 0 heterocycles. The molecular weight excluding hydrogens is 352 g/mol. The Morgan fingerprint density at radius 3 is 2.41 bits per heavy atom. The van der Waals surface area contributed by atoms with Gasteiger partial charge in [-0.3, -0.25) is 0 Å². The predicted octanol–water partition coefficient (Wildman–Crippen LogP) is 7.33. The number of hydrogen-bond donors (Lipinski definition) is 1. The molecule has 0 amide bonds. The van der Waals surface area contributed by atoms with Gasteiger partial charge in [0.2, 0.25) is 0 Å². The summed E-state index contributed by atoms with van der Waals surface area (Å²) in [5.74, 6) is 4.38. The fourth-order valence-corrected chi connectivity index (χ4v) is 7.59. The van der Waals surface area contributed by atoms with Crippen LogP contribution in [0.4, 0.5) is 0 Å². The van der Waals surface area contributed by atoms with Gasteiger partial charge in [-0.1, -0.05) is 77.0 Å². The number of rotatable bonds is 4. The Labute approximate surface area is 179 Å². The highest BCUT2D eigenvalue weighted by atomic mass is 16.3. The molecule has 0 aromatic carbocycles. The summed E-state index contributed by atoms with van der Waals surface area (Å²) in [6, 6.07) is 0. The van der Waals surface area contributed by atoms with E-state index in [0.717, 1.165) is 36.5 Å². The zero-order valence-corrected chi connectivity index (χ0v) is 19.7. The van der Waals surface area contributed by atoms with E-state index in [-0.39, 0.29) is 6.10 Å². The molecule has 0 spiro atoms. The first-order chi connectivity index (χ1) is 13.7. The van der Waals surface area contributed by atoms with Crippen molar-refractivity contribution in [2.75, 3.05) is 0 Å². The topological polar surface area (TPSA) is 20.2 Å². The summed E-state index contributed by atoms with van der Waals surface area (Å²) < 4.78 is 0. The number of fused-ring (bicyclic) bond motifs is 5. The molecule has 4 aliphatic rings. The molecule has 0 bridgehead atoms. The summed E-state index contributed by atoms with van der Waals surface area (Å²) in [6.07, 6.45) is 18.4. The van der Waals surface area contributed by atoms with Crippen LogP contribution < -0.4 is 0 Å². The van der Waals surface area contributed by atoms with Crippen molar-refractivity contribution in [1.82, 2.24) is 0 Å². The molecule has 1 heteroatoms. The van der Waals surface area contributed by atoms with E-state index in [4.69, 9.17) is 0 Å². The summed E-state index contributed by atoms with van der Waals surface area (Å²) in [5.41, 5.74) is 4.07. The molecule has 3 fully saturated rings. The second kappa shape index (κ2) is 7.70. The zero-order valence-electron chi connectivity index (χ0n) is 19.7. The Balaban J connectivity index is 1.57. The van der Waals surface area contributed by atoms with Gasteiger partial charge in [0.25, 0.3) is 0 Å². The molecule has 0 radical (unpaired) electrons. The van der Waals surface area contributed by atoms with Crippen LogP contribution in [0.25, 0.3) is 0 Å². The lowest BCUT2D eigenvalue weighted by molar-refractivity contribution is 0.0382. The molecule has 0 aliphatic heterocycles. The number of hydrogen-bond acceptors (Lipinski definition) is 1. The minimum absolute atomic E-state index is 0.116. The van der Waals surface area contributed by atoms with Gasteiger partial charge in [0.05, 0.1) is 6.10 Å². The fraction of sp³-hybridized carbons (Fsp3) is 0.786. The lowest BCUT2D eigenvalue weighted by Gasteiger charge is -2.55. The van der Waals surface area contributed by atoms with E-state index in [9.17, 15) is 5.11 Å². The Bertz CT molecular complexity index is 712. The first-order valence-electron chi connectivity index (χ1n) is 12.4. The van der Waals surface area contributed by atoms with Crippen LogP contribution in [0.5, 0.6) is 0 Å². The highest BCUT2D eigenvalue weighted by Gasteiger charge is 2.56. The summed E-state index contributed by atoms with van der Waals surface area (Å²) >= 11 is 0. The second-order valence-electron chi connectivity index (χ2n) is 11.9. The molecule has 0 aromatic rings. The SMILES string of the molecule is CC(C)[C@H](C)C=C[C@@H](C)[C@@H]1CC[C@@H]2C3=CC=C4CC(O)CC[C@]4(C)[C@H]3CC[C@]21C. The molecule has 4 rings (SSSR count). The van der Waals surface area contributed by atoms with E-state index in [2.05, 4.69) is 65.8 Å². The maximum Gasteiger partial charge on any atom is 0.0578 e.